The average molecular weight is 825 g/mol. The number of hydrogen-bond acceptors (Lipinski definition) is 12. The van der Waals surface area contributed by atoms with Crippen LogP contribution in [-0.4, -0.2) is 63.3 Å². The molecule has 16 nitrogen and oxygen atoms in total. The summed E-state index contributed by atoms with van der Waals surface area (Å²) in [5.41, 5.74) is -0.923. The second-order valence-electron chi connectivity index (χ2n) is 14.3. The van der Waals surface area contributed by atoms with Crippen molar-refractivity contribution >= 4 is 27.6 Å². The van der Waals surface area contributed by atoms with Crippen LogP contribution in [0.3, 0.4) is 0 Å². The van der Waals surface area contributed by atoms with Crippen LogP contribution >= 0.6 is 15.6 Å². The van der Waals surface area contributed by atoms with Gasteiger partial charge in [-0.3, -0.25) is 33.0 Å². The van der Waals surface area contributed by atoms with Crippen molar-refractivity contribution in [1.29, 1.82) is 0 Å². The Hall–Kier alpha value is -2.16. The molecule has 0 radical (unpaired) electrons. The van der Waals surface area contributed by atoms with Crippen LogP contribution in [0.5, 0.6) is 0 Å². The largest absolute Gasteiger partial charge is 0.481 e. The highest BCUT2D eigenvalue weighted by Crippen LogP contribution is 2.60. The fourth-order valence-corrected chi connectivity index (χ4v) is 8.25. The first-order valence-electron chi connectivity index (χ1n) is 20.2. The molecular formula is C37H66N2O14P2. The second-order valence-corrected chi connectivity index (χ2v) is 17.4. The number of nitrogens with zero attached hydrogens (tertiary/aromatic N) is 1. The first kappa shape index (κ1) is 49.0. The van der Waals surface area contributed by atoms with Crippen molar-refractivity contribution in [3.8, 4) is 0 Å². The van der Waals surface area contributed by atoms with Gasteiger partial charge in [0.15, 0.2) is 6.10 Å². The van der Waals surface area contributed by atoms with Gasteiger partial charge in [0.1, 0.15) is 12.8 Å². The molecule has 3 N–H and O–H groups in total. The lowest BCUT2D eigenvalue weighted by atomic mass is 10.1. The Labute approximate surface area is 325 Å². The first-order chi connectivity index (χ1) is 26.2. The van der Waals surface area contributed by atoms with E-state index in [0.717, 1.165) is 44.9 Å². The van der Waals surface area contributed by atoms with E-state index in [4.69, 9.17) is 23.3 Å². The van der Waals surface area contributed by atoms with Crippen molar-refractivity contribution in [2.75, 3.05) is 19.8 Å². The first-order valence-corrected chi connectivity index (χ1v) is 23.2. The molecule has 1 aliphatic rings. The number of aromatic nitrogens is 2. The van der Waals surface area contributed by atoms with Crippen LogP contribution < -0.4 is 11.2 Å². The highest BCUT2D eigenvalue weighted by Gasteiger charge is 2.38. The van der Waals surface area contributed by atoms with Crippen molar-refractivity contribution in [1.82, 2.24) is 9.55 Å². The summed E-state index contributed by atoms with van der Waals surface area (Å²) in [6.07, 6.45) is 18.6. The molecule has 1 fully saturated rings. The Morgan fingerprint density at radius 3 is 1.85 bits per heavy atom. The van der Waals surface area contributed by atoms with Gasteiger partial charge in [-0.25, -0.2) is 13.9 Å². The van der Waals surface area contributed by atoms with Crippen LogP contribution in [0, 0.1) is 6.92 Å². The van der Waals surface area contributed by atoms with E-state index in [1.54, 1.807) is 0 Å². The summed E-state index contributed by atoms with van der Waals surface area (Å²) < 4.78 is 57.2. The molecule has 0 amide bonds. The lowest BCUT2D eigenvalue weighted by molar-refractivity contribution is -0.161. The number of carbonyl (C=O) groups excluding carboxylic acids is 2. The average Bonchev–Trinajstić information content (AvgIpc) is 3.60. The van der Waals surface area contributed by atoms with Crippen molar-refractivity contribution in [3.05, 3.63) is 32.6 Å². The summed E-state index contributed by atoms with van der Waals surface area (Å²) in [5, 5.41) is 0. The fourth-order valence-electron chi connectivity index (χ4n) is 6.13. The monoisotopic (exact) mass is 824 g/mol. The summed E-state index contributed by atoms with van der Waals surface area (Å²) in [7, 11) is -10.5. The van der Waals surface area contributed by atoms with E-state index in [9.17, 15) is 38.1 Å². The van der Waals surface area contributed by atoms with E-state index in [1.165, 1.54) is 75.5 Å². The van der Waals surface area contributed by atoms with Gasteiger partial charge in [-0.2, -0.15) is 4.31 Å². The third-order valence-corrected chi connectivity index (χ3v) is 11.9. The van der Waals surface area contributed by atoms with E-state index in [2.05, 4.69) is 23.1 Å². The molecule has 0 saturated carbocycles. The Morgan fingerprint density at radius 2 is 1.29 bits per heavy atom. The van der Waals surface area contributed by atoms with Gasteiger partial charge in [-0.1, -0.05) is 117 Å². The number of phosphoric ester groups is 2. The number of ether oxygens (including phenoxy) is 3. The Balaban J connectivity index is 1.84. The molecule has 5 atom stereocenters. The minimum Gasteiger partial charge on any atom is -0.462 e. The number of phosphoric acid groups is 2. The van der Waals surface area contributed by atoms with Gasteiger partial charge < -0.3 is 24.0 Å². The molecule has 1 aromatic rings. The number of esters is 2. The lowest BCUT2D eigenvalue weighted by Gasteiger charge is -2.21. The smallest absolute Gasteiger partial charge is 0.462 e. The predicted molar refractivity (Wildman–Crippen MR) is 206 cm³/mol. The molecule has 18 heteroatoms. The van der Waals surface area contributed by atoms with Crippen molar-refractivity contribution in [3.63, 3.8) is 0 Å². The van der Waals surface area contributed by atoms with Gasteiger partial charge in [-0.05, 0) is 32.6 Å². The zero-order valence-corrected chi connectivity index (χ0v) is 34.9. The quantitative estimate of drug-likeness (QED) is 0.0356. The summed E-state index contributed by atoms with van der Waals surface area (Å²) in [6, 6.07) is 0. The summed E-state index contributed by atoms with van der Waals surface area (Å²) in [6.45, 7) is 4.12. The molecule has 0 aliphatic carbocycles. The number of nitrogens with one attached hydrogen (secondary N) is 1. The van der Waals surface area contributed by atoms with Crippen LogP contribution in [0.4, 0.5) is 0 Å². The summed E-state index contributed by atoms with van der Waals surface area (Å²) >= 11 is 0. The van der Waals surface area contributed by atoms with Crippen LogP contribution in [0.15, 0.2) is 15.8 Å². The Kier molecular flexibility index (Phi) is 24.5. The fraction of sp³-hybridized carbons (Fsp3) is 0.838. The predicted octanol–water partition coefficient (Wildman–Crippen LogP) is 8.07. The molecule has 0 aromatic carbocycles. The van der Waals surface area contributed by atoms with E-state index < -0.39 is 77.1 Å². The summed E-state index contributed by atoms with van der Waals surface area (Å²) in [4.78, 5) is 71.6. The van der Waals surface area contributed by atoms with Gasteiger partial charge >= 0.3 is 33.3 Å². The molecule has 1 aliphatic heterocycles. The van der Waals surface area contributed by atoms with Crippen LogP contribution in [0.2, 0.25) is 0 Å². The number of hydrogen-bond donors (Lipinski definition) is 3. The maximum absolute atomic E-state index is 12.7. The van der Waals surface area contributed by atoms with Gasteiger partial charge in [0.05, 0.1) is 19.3 Å². The SMILES string of the molecule is CCCCCCCCCCCC(=O)OCC(COP(=O)(O)OP(=O)(O)OCC1CCC(n2cc(C)c(=O)[nH]c2=O)O1)OC(=O)CCCCCCCCCCC. The number of unbranched alkanes of at least 4 members (excludes halogenated alkanes) is 16. The molecule has 55 heavy (non-hydrogen) atoms. The zero-order valence-electron chi connectivity index (χ0n) is 33.1. The summed E-state index contributed by atoms with van der Waals surface area (Å²) in [5.74, 6) is -1.12. The maximum Gasteiger partial charge on any atom is 0.481 e. The molecule has 2 rings (SSSR count). The molecule has 2 heterocycles. The molecule has 0 bridgehead atoms. The molecule has 5 unspecified atom stereocenters. The van der Waals surface area contributed by atoms with E-state index in [0.29, 0.717) is 25.7 Å². The van der Waals surface area contributed by atoms with Gasteiger partial charge in [-0.15, -0.1) is 0 Å². The molecule has 1 aromatic heterocycles. The van der Waals surface area contributed by atoms with Gasteiger partial charge in [0.25, 0.3) is 5.56 Å². The van der Waals surface area contributed by atoms with Crippen LogP contribution in [0.1, 0.15) is 167 Å². The van der Waals surface area contributed by atoms with Crippen molar-refractivity contribution in [2.45, 2.75) is 180 Å². The molecule has 318 valence electrons. The normalized spacial score (nSPS) is 18.4. The molecule has 0 spiro atoms. The standard InChI is InChI=1S/C37H66N2O14P2/c1-4-6-8-10-12-14-16-18-20-22-34(40)48-27-32(52-35(41)23-21-19-17-15-13-11-9-7-5-2)29-50-55(46,47)53-54(44,45)49-28-31-24-25-33(51-31)39-26-30(3)36(42)38-37(39)43/h26,31-33H,4-25,27-29H2,1-3H3,(H,44,45)(H,46,47)(H,38,42,43). The van der Waals surface area contributed by atoms with Gasteiger partial charge in [0.2, 0.25) is 0 Å². The topological polar surface area (TPSA) is 219 Å². The molecule has 1 saturated heterocycles. The number of carbonyl (C=O) groups is 2. The Morgan fingerprint density at radius 1 is 0.782 bits per heavy atom. The van der Waals surface area contributed by atoms with E-state index >= 15 is 0 Å². The number of aryl methyl sites for hydroxylation is 1. The second kappa shape index (κ2) is 27.5. The van der Waals surface area contributed by atoms with Gasteiger partial charge in [0, 0.05) is 24.6 Å². The minimum atomic E-state index is -5.27. The number of H-pyrrole nitrogens is 1. The third kappa shape index (κ3) is 22.4. The number of rotatable bonds is 32. The Bertz CT molecular complexity index is 1470. The maximum atomic E-state index is 12.7. The third-order valence-electron chi connectivity index (χ3n) is 9.29. The zero-order chi connectivity index (χ0) is 40.5. The molecular weight excluding hydrogens is 758 g/mol. The van der Waals surface area contributed by atoms with E-state index in [1.807, 2.05) is 0 Å². The lowest BCUT2D eigenvalue weighted by Crippen LogP contribution is -2.33. The van der Waals surface area contributed by atoms with Crippen LogP contribution in [-0.2, 0) is 46.3 Å². The van der Waals surface area contributed by atoms with Crippen LogP contribution in [0.25, 0.3) is 0 Å². The number of aromatic amines is 1. The minimum absolute atomic E-state index is 0.0895. The highest BCUT2D eigenvalue weighted by molar-refractivity contribution is 7.61. The van der Waals surface area contributed by atoms with E-state index in [-0.39, 0.29) is 18.4 Å². The highest BCUT2D eigenvalue weighted by atomic mass is 31.3. The van der Waals surface area contributed by atoms with Crippen molar-refractivity contribution in [2.24, 2.45) is 0 Å². The van der Waals surface area contributed by atoms with Crippen molar-refractivity contribution < 1.29 is 56.1 Å².